The summed E-state index contributed by atoms with van der Waals surface area (Å²) in [6, 6.07) is 13.9. The maximum atomic E-state index is 12.6. The lowest BCUT2D eigenvalue weighted by atomic mass is 9.81. The molecule has 1 spiro atoms. The molecule has 11 heteroatoms. The molecule has 1 aliphatic heterocycles. The molecule has 42 heavy (non-hydrogen) atoms. The van der Waals surface area contributed by atoms with E-state index in [0.717, 1.165) is 55.7 Å². The van der Waals surface area contributed by atoms with Gasteiger partial charge in [0.25, 0.3) is 0 Å². The fourth-order valence-electron chi connectivity index (χ4n) is 5.53. The monoisotopic (exact) mass is 600 g/mol. The molecule has 10 nitrogen and oxygen atoms in total. The first-order chi connectivity index (χ1) is 19.9. The van der Waals surface area contributed by atoms with Crippen LogP contribution in [0.2, 0.25) is 0 Å². The molecule has 1 aliphatic carbocycles. The van der Waals surface area contributed by atoms with Crippen LogP contribution in [0, 0.1) is 0 Å². The lowest BCUT2D eigenvalue weighted by Crippen LogP contribution is -2.42. The molecule has 1 N–H and O–H groups in total. The minimum absolute atomic E-state index is 0.00960. The molecule has 0 radical (unpaired) electrons. The van der Waals surface area contributed by atoms with Gasteiger partial charge in [0.05, 0.1) is 23.9 Å². The lowest BCUT2D eigenvalue weighted by Gasteiger charge is -2.40. The van der Waals surface area contributed by atoms with Gasteiger partial charge in [-0.05, 0) is 99.4 Å². The van der Waals surface area contributed by atoms with Gasteiger partial charge in [0.15, 0.2) is 0 Å². The summed E-state index contributed by atoms with van der Waals surface area (Å²) in [6.45, 7) is 3.11. The van der Waals surface area contributed by atoms with E-state index in [1.165, 1.54) is 22.7 Å². The molecular weight excluding hydrogens is 560 g/mol. The van der Waals surface area contributed by atoms with Gasteiger partial charge in [0.1, 0.15) is 17.1 Å². The highest BCUT2D eigenvalue weighted by atomic mass is 32.2. The van der Waals surface area contributed by atoms with E-state index in [0.29, 0.717) is 23.0 Å². The zero-order valence-electron chi connectivity index (χ0n) is 24.6. The Morgan fingerprint density at radius 3 is 2.36 bits per heavy atom. The van der Waals surface area contributed by atoms with Crippen LogP contribution in [0.3, 0.4) is 0 Å². The number of methoxy groups -OCH3 is 1. The zero-order valence-corrected chi connectivity index (χ0v) is 25.4. The Morgan fingerprint density at radius 2 is 1.76 bits per heavy atom. The van der Waals surface area contributed by atoms with Crippen molar-refractivity contribution in [1.82, 2.24) is 9.62 Å². The molecular formula is C31H40N2O8S-2. The number of para-hydroxylation sites is 1. The van der Waals surface area contributed by atoms with Gasteiger partial charge in [0.2, 0.25) is 10.0 Å². The standard InChI is InChI=1S/C27H38N2O4S.C4H4O4/c1-20(11-12-21-17-23(13-14-25(21)32-4)34(30,31)29(2)3)28-19-22-18-27(15-7-8-16-27)33-26-10-6-5-9-24(22)26;5-3(6)1-2-4(7)8/h5-6,9-10,13-14,17,20,22,28H,7-8,11-12,15-16,18-19H2,1-4H3;1-2H,(H,5,6)(H,7,8)/p-2/b;2-1+. The molecule has 2 aliphatic rings. The summed E-state index contributed by atoms with van der Waals surface area (Å²) < 4.78 is 38.4. The first-order valence-corrected chi connectivity index (χ1v) is 15.5. The van der Waals surface area contributed by atoms with E-state index in [1.807, 2.05) is 0 Å². The number of carbonyl (C=O) groups is 2. The number of ether oxygens (including phenoxy) is 2. The number of benzene rings is 2. The largest absolute Gasteiger partial charge is 0.545 e. The summed E-state index contributed by atoms with van der Waals surface area (Å²) in [5.41, 5.74) is 2.23. The Labute approximate surface area is 248 Å². The van der Waals surface area contributed by atoms with Crippen LogP contribution < -0.4 is 25.0 Å². The fourth-order valence-corrected chi connectivity index (χ4v) is 6.48. The van der Waals surface area contributed by atoms with Crippen LogP contribution in [0.15, 0.2) is 59.5 Å². The normalized spacial score (nSPS) is 18.2. The third kappa shape index (κ3) is 8.80. The van der Waals surface area contributed by atoms with Crippen molar-refractivity contribution < 1.29 is 37.7 Å². The van der Waals surface area contributed by atoms with Crippen LogP contribution in [0.5, 0.6) is 11.5 Å². The summed E-state index contributed by atoms with van der Waals surface area (Å²) in [5, 5.41) is 22.6. The predicted molar refractivity (Wildman–Crippen MR) is 154 cm³/mol. The van der Waals surface area contributed by atoms with Crippen LogP contribution in [0.25, 0.3) is 0 Å². The number of nitrogens with one attached hydrogen (secondary N) is 1. The van der Waals surface area contributed by atoms with Gasteiger partial charge in [0, 0.05) is 32.6 Å². The molecule has 0 aromatic heterocycles. The molecule has 0 amide bonds. The minimum Gasteiger partial charge on any atom is -0.545 e. The van der Waals surface area contributed by atoms with E-state index >= 15 is 0 Å². The molecule has 1 heterocycles. The van der Waals surface area contributed by atoms with Crippen LogP contribution in [-0.4, -0.2) is 64.1 Å². The Bertz CT molecular complexity index is 1350. The summed E-state index contributed by atoms with van der Waals surface area (Å²) in [5.74, 6) is -0.873. The molecule has 0 saturated heterocycles. The Hall–Kier alpha value is -3.41. The minimum atomic E-state index is -3.48. The van der Waals surface area contributed by atoms with Crippen molar-refractivity contribution >= 4 is 22.0 Å². The van der Waals surface area contributed by atoms with Gasteiger partial charge in [-0.15, -0.1) is 0 Å². The maximum absolute atomic E-state index is 12.6. The Kier molecular flexibility index (Phi) is 11.6. The van der Waals surface area contributed by atoms with E-state index in [-0.39, 0.29) is 11.6 Å². The number of nitrogens with zero attached hydrogens (tertiary/aromatic N) is 1. The summed E-state index contributed by atoms with van der Waals surface area (Å²) in [4.78, 5) is 19.1. The summed E-state index contributed by atoms with van der Waals surface area (Å²) in [6.07, 6.45) is 8.28. The van der Waals surface area contributed by atoms with E-state index in [4.69, 9.17) is 9.47 Å². The van der Waals surface area contributed by atoms with Crippen molar-refractivity contribution in [1.29, 1.82) is 0 Å². The summed E-state index contributed by atoms with van der Waals surface area (Å²) in [7, 11) is 1.25. The third-order valence-corrected chi connectivity index (χ3v) is 9.57. The highest BCUT2D eigenvalue weighted by Gasteiger charge is 2.42. The number of carboxylic acids is 2. The van der Waals surface area contributed by atoms with Crippen LogP contribution in [-0.2, 0) is 26.0 Å². The average molecular weight is 601 g/mol. The SMILES string of the molecule is COc1ccc(S(=O)(=O)N(C)C)cc1CCC(C)NCC1CC2(CCCC2)Oc2ccccc21.O=C([O-])/C=C/C(=O)[O-]. The second-order valence-corrected chi connectivity index (χ2v) is 13.2. The maximum Gasteiger partial charge on any atom is 0.242 e. The summed E-state index contributed by atoms with van der Waals surface area (Å²) >= 11 is 0. The number of fused-ring (bicyclic) bond motifs is 1. The molecule has 2 atom stereocenters. The predicted octanol–water partition coefficient (Wildman–Crippen LogP) is 1.78. The molecule has 2 aromatic rings. The smallest absolute Gasteiger partial charge is 0.242 e. The number of aliphatic carboxylic acids is 2. The second-order valence-electron chi connectivity index (χ2n) is 11.0. The lowest BCUT2D eigenvalue weighted by molar-refractivity contribution is -0.301. The van der Waals surface area contributed by atoms with Crippen molar-refractivity contribution in [2.24, 2.45) is 0 Å². The first kappa shape index (κ1) is 33.1. The number of rotatable bonds is 11. The second kappa shape index (κ2) is 14.7. The van der Waals surface area contributed by atoms with E-state index < -0.39 is 22.0 Å². The van der Waals surface area contributed by atoms with Crippen molar-refractivity contribution in [3.8, 4) is 11.5 Å². The number of hydrogen-bond acceptors (Lipinski definition) is 9. The van der Waals surface area contributed by atoms with Gasteiger partial charge in [-0.2, -0.15) is 0 Å². The van der Waals surface area contributed by atoms with Crippen LogP contribution >= 0.6 is 0 Å². The zero-order chi connectivity index (χ0) is 30.9. The first-order valence-electron chi connectivity index (χ1n) is 14.1. The van der Waals surface area contributed by atoms with Gasteiger partial charge in [-0.1, -0.05) is 18.2 Å². The number of aryl methyl sites for hydroxylation is 1. The Balaban J connectivity index is 0.000000531. The van der Waals surface area contributed by atoms with Gasteiger partial charge in [-0.3, -0.25) is 0 Å². The van der Waals surface area contributed by atoms with E-state index in [2.05, 4.69) is 36.5 Å². The molecule has 1 fully saturated rings. The van der Waals surface area contributed by atoms with Gasteiger partial charge >= 0.3 is 0 Å². The van der Waals surface area contributed by atoms with Crippen molar-refractivity contribution in [2.45, 2.75) is 74.3 Å². The molecule has 230 valence electrons. The van der Waals surface area contributed by atoms with Crippen LogP contribution in [0.1, 0.15) is 62.5 Å². The van der Waals surface area contributed by atoms with Gasteiger partial charge < -0.3 is 34.6 Å². The number of hydrogen-bond donors (Lipinski definition) is 1. The quantitative estimate of drug-likeness (QED) is 0.381. The Morgan fingerprint density at radius 1 is 1.12 bits per heavy atom. The molecule has 4 rings (SSSR count). The third-order valence-electron chi connectivity index (χ3n) is 7.76. The van der Waals surface area contributed by atoms with E-state index in [9.17, 15) is 28.2 Å². The molecule has 1 saturated carbocycles. The van der Waals surface area contributed by atoms with Crippen LogP contribution in [0.4, 0.5) is 0 Å². The van der Waals surface area contributed by atoms with Crippen molar-refractivity contribution in [2.75, 3.05) is 27.7 Å². The van der Waals surface area contributed by atoms with Gasteiger partial charge in [-0.25, -0.2) is 12.7 Å². The van der Waals surface area contributed by atoms with Crippen molar-refractivity contribution in [3.63, 3.8) is 0 Å². The molecule has 0 bridgehead atoms. The van der Waals surface area contributed by atoms with E-state index in [1.54, 1.807) is 39.4 Å². The molecule has 2 aromatic carbocycles. The highest BCUT2D eigenvalue weighted by molar-refractivity contribution is 7.89. The number of carbonyl (C=O) groups excluding carboxylic acids is 2. The van der Waals surface area contributed by atoms with Crippen molar-refractivity contribution in [3.05, 3.63) is 65.7 Å². The average Bonchev–Trinajstić information content (AvgIpc) is 3.40. The topological polar surface area (TPSA) is 148 Å². The fraction of sp³-hybridized carbons (Fsp3) is 0.484. The highest BCUT2D eigenvalue weighted by Crippen LogP contribution is 2.47. The number of carboxylic acid groups (broad SMARTS) is 2. The molecule has 2 unspecified atom stereocenters. The number of sulfonamides is 1.